The van der Waals surface area contributed by atoms with Crippen molar-refractivity contribution in [3.05, 3.63) is 17.7 Å². The Hall–Kier alpha value is -1.89. The number of nitrogens with one attached hydrogen (secondary N) is 1. The van der Waals surface area contributed by atoms with Crippen LogP contribution in [0.15, 0.2) is 6.33 Å². The third-order valence-corrected chi connectivity index (χ3v) is 1.62. The first-order valence-corrected chi connectivity index (χ1v) is 3.66. The van der Waals surface area contributed by atoms with Gasteiger partial charge in [-0.05, 0) is 0 Å². The maximum absolute atomic E-state index is 11.4. The van der Waals surface area contributed by atoms with Crippen molar-refractivity contribution in [1.82, 2.24) is 15.0 Å². The van der Waals surface area contributed by atoms with Gasteiger partial charge in [-0.15, -0.1) is 0 Å². The highest BCUT2D eigenvalue weighted by atomic mass is 16.7. The number of aromatic nitrogens is 2. The maximum atomic E-state index is 11.4. The van der Waals surface area contributed by atoms with Gasteiger partial charge in [-0.3, -0.25) is 9.63 Å². The number of amides is 1. The van der Waals surface area contributed by atoms with Crippen LogP contribution in [0.3, 0.4) is 0 Å². The molecule has 0 aromatic carbocycles. The van der Waals surface area contributed by atoms with E-state index in [4.69, 9.17) is 5.11 Å². The SMILES string of the molecule is CON(C)C(=O)c1nc[nH]c1C(=O)O. The number of carbonyl (C=O) groups excluding carboxylic acids is 1. The molecule has 2 N–H and O–H groups in total. The highest BCUT2D eigenvalue weighted by Crippen LogP contribution is 2.05. The first kappa shape index (κ1) is 10.2. The zero-order valence-electron chi connectivity index (χ0n) is 7.64. The van der Waals surface area contributed by atoms with Crippen LogP contribution in [0.5, 0.6) is 0 Å². The summed E-state index contributed by atoms with van der Waals surface area (Å²) in [6, 6.07) is 0. The zero-order chi connectivity index (χ0) is 10.7. The van der Waals surface area contributed by atoms with Crippen LogP contribution in [0.4, 0.5) is 0 Å². The fourth-order valence-electron chi connectivity index (χ4n) is 0.852. The summed E-state index contributed by atoms with van der Waals surface area (Å²) in [6.45, 7) is 0. The lowest BCUT2D eigenvalue weighted by molar-refractivity contribution is -0.0760. The molecule has 0 saturated heterocycles. The van der Waals surface area contributed by atoms with Crippen molar-refractivity contribution < 1.29 is 19.5 Å². The Morgan fingerprint density at radius 3 is 2.79 bits per heavy atom. The summed E-state index contributed by atoms with van der Waals surface area (Å²) in [4.78, 5) is 32.6. The van der Waals surface area contributed by atoms with Crippen LogP contribution < -0.4 is 0 Å². The van der Waals surface area contributed by atoms with Crippen molar-refractivity contribution in [2.24, 2.45) is 0 Å². The van der Waals surface area contributed by atoms with Crippen molar-refractivity contribution in [1.29, 1.82) is 0 Å². The van der Waals surface area contributed by atoms with Crippen LogP contribution in [0, 0.1) is 0 Å². The quantitative estimate of drug-likeness (QED) is 0.654. The number of carboxylic acid groups (broad SMARTS) is 1. The van der Waals surface area contributed by atoms with Crippen LogP contribution >= 0.6 is 0 Å². The fraction of sp³-hybridized carbons (Fsp3) is 0.286. The van der Waals surface area contributed by atoms with E-state index in [1.54, 1.807) is 0 Å². The molecule has 0 fully saturated rings. The third-order valence-electron chi connectivity index (χ3n) is 1.62. The van der Waals surface area contributed by atoms with E-state index in [-0.39, 0.29) is 11.4 Å². The molecule has 0 aliphatic heterocycles. The van der Waals surface area contributed by atoms with E-state index in [1.807, 2.05) is 0 Å². The molecule has 76 valence electrons. The number of hydroxylamine groups is 2. The minimum Gasteiger partial charge on any atom is -0.477 e. The lowest BCUT2D eigenvalue weighted by Gasteiger charge is -2.11. The van der Waals surface area contributed by atoms with Gasteiger partial charge in [0.2, 0.25) is 0 Å². The number of hydrogen-bond acceptors (Lipinski definition) is 4. The van der Waals surface area contributed by atoms with Crippen molar-refractivity contribution in [2.75, 3.05) is 14.2 Å². The predicted molar refractivity (Wildman–Crippen MR) is 44.6 cm³/mol. The summed E-state index contributed by atoms with van der Waals surface area (Å²) >= 11 is 0. The number of hydrogen-bond donors (Lipinski definition) is 2. The molecule has 0 aliphatic carbocycles. The van der Waals surface area contributed by atoms with Gasteiger partial charge in [-0.2, -0.15) is 0 Å². The Kier molecular flexibility index (Phi) is 2.82. The van der Waals surface area contributed by atoms with Crippen LogP contribution in [-0.2, 0) is 4.84 Å². The Balaban J connectivity index is 3.01. The first-order chi connectivity index (χ1) is 6.57. The normalized spacial score (nSPS) is 9.86. The predicted octanol–water partition coefficient (Wildman–Crippen LogP) is -0.259. The summed E-state index contributed by atoms with van der Waals surface area (Å²) in [5.74, 6) is -1.86. The number of carbonyl (C=O) groups is 2. The molecule has 0 spiro atoms. The number of aromatic amines is 1. The molecule has 0 bridgehead atoms. The summed E-state index contributed by atoms with van der Waals surface area (Å²) in [5, 5.41) is 9.57. The molecule has 7 nitrogen and oxygen atoms in total. The van der Waals surface area contributed by atoms with Gasteiger partial charge in [0.25, 0.3) is 5.91 Å². The van der Waals surface area contributed by atoms with E-state index < -0.39 is 11.9 Å². The number of imidazole rings is 1. The fourth-order valence-corrected chi connectivity index (χ4v) is 0.852. The summed E-state index contributed by atoms with van der Waals surface area (Å²) in [6.07, 6.45) is 1.14. The number of aromatic carboxylic acids is 1. The van der Waals surface area contributed by atoms with E-state index in [9.17, 15) is 9.59 Å². The largest absolute Gasteiger partial charge is 0.477 e. The molecule has 1 aromatic rings. The molecular formula is C7H9N3O4. The molecule has 7 heteroatoms. The average Bonchev–Trinajstić information content (AvgIpc) is 2.63. The number of rotatable bonds is 3. The molecule has 0 aliphatic rings. The average molecular weight is 199 g/mol. The molecule has 14 heavy (non-hydrogen) atoms. The van der Waals surface area contributed by atoms with Crippen molar-refractivity contribution >= 4 is 11.9 Å². The minimum atomic E-state index is -1.24. The van der Waals surface area contributed by atoms with E-state index in [0.717, 1.165) is 11.4 Å². The molecule has 1 aromatic heterocycles. The molecule has 0 saturated carbocycles. The Morgan fingerprint density at radius 1 is 1.64 bits per heavy atom. The van der Waals surface area contributed by atoms with Gasteiger partial charge >= 0.3 is 5.97 Å². The van der Waals surface area contributed by atoms with Crippen LogP contribution in [0.1, 0.15) is 21.0 Å². The van der Waals surface area contributed by atoms with Gasteiger partial charge in [0, 0.05) is 7.05 Å². The van der Waals surface area contributed by atoms with E-state index >= 15 is 0 Å². The second-order valence-electron chi connectivity index (χ2n) is 2.42. The number of nitrogens with zero attached hydrogens (tertiary/aromatic N) is 2. The minimum absolute atomic E-state index is 0.179. The van der Waals surface area contributed by atoms with Gasteiger partial charge in [-0.25, -0.2) is 14.8 Å². The zero-order valence-corrected chi connectivity index (χ0v) is 7.64. The van der Waals surface area contributed by atoms with Gasteiger partial charge in [-0.1, -0.05) is 0 Å². The molecule has 1 rings (SSSR count). The first-order valence-electron chi connectivity index (χ1n) is 3.66. The molecule has 0 atom stereocenters. The van der Waals surface area contributed by atoms with Gasteiger partial charge < -0.3 is 10.1 Å². The molecular weight excluding hydrogens is 190 g/mol. The topological polar surface area (TPSA) is 95.5 Å². The third kappa shape index (κ3) is 1.72. The Labute approximate surface area is 79.3 Å². The van der Waals surface area contributed by atoms with Crippen LogP contribution in [-0.4, -0.2) is 46.2 Å². The monoisotopic (exact) mass is 199 g/mol. The summed E-state index contributed by atoms with van der Waals surface area (Å²) in [7, 11) is 2.66. The summed E-state index contributed by atoms with van der Waals surface area (Å²) in [5.41, 5.74) is -0.430. The van der Waals surface area contributed by atoms with Crippen LogP contribution in [0.2, 0.25) is 0 Å². The molecule has 1 heterocycles. The van der Waals surface area contributed by atoms with E-state index in [0.29, 0.717) is 0 Å². The lowest BCUT2D eigenvalue weighted by atomic mass is 10.3. The highest BCUT2D eigenvalue weighted by Gasteiger charge is 2.22. The number of H-pyrrole nitrogens is 1. The Morgan fingerprint density at radius 2 is 2.29 bits per heavy atom. The van der Waals surface area contributed by atoms with E-state index in [1.165, 1.54) is 14.2 Å². The lowest BCUT2D eigenvalue weighted by Crippen LogP contribution is -2.27. The van der Waals surface area contributed by atoms with Crippen molar-refractivity contribution in [2.45, 2.75) is 0 Å². The van der Waals surface area contributed by atoms with Gasteiger partial charge in [0.05, 0.1) is 13.4 Å². The second-order valence-corrected chi connectivity index (χ2v) is 2.42. The van der Waals surface area contributed by atoms with Gasteiger partial charge in [0.1, 0.15) is 0 Å². The molecule has 0 radical (unpaired) electrons. The standard InChI is InChI=1S/C7H9N3O4/c1-10(14-2)6(11)4-5(7(12)13)9-3-8-4/h3H,1-2H3,(H,8,9)(H,12,13). The Bertz CT molecular complexity index is 360. The molecule has 0 unspecified atom stereocenters. The maximum Gasteiger partial charge on any atom is 0.354 e. The van der Waals surface area contributed by atoms with Crippen molar-refractivity contribution in [3.63, 3.8) is 0 Å². The van der Waals surface area contributed by atoms with Crippen molar-refractivity contribution in [3.8, 4) is 0 Å². The van der Waals surface area contributed by atoms with E-state index in [2.05, 4.69) is 14.8 Å². The summed E-state index contributed by atoms with van der Waals surface area (Å²) < 4.78 is 0. The second kappa shape index (κ2) is 3.88. The van der Waals surface area contributed by atoms with Gasteiger partial charge in [0.15, 0.2) is 11.4 Å². The molecule has 1 amide bonds. The van der Waals surface area contributed by atoms with Crippen LogP contribution in [0.25, 0.3) is 0 Å². The number of carboxylic acids is 1. The smallest absolute Gasteiger partial charge is 0.354 e. The highest BCUT2D eigenvalue weighted by molar-refractivity contribution is 6.01.